The number of hydrogen-bond donors (Lipinski definition) is 1. The van der Waals surface area contributed by atoms with Crippen LogP contribution in [0.5, 0.6) is 0 Å². The number of rotatable bonds is 5. The maximum absolute atomic E-state index is 13.4. The molecule has 1 aliphatic rings. The van der Waals surface area contributed by atoms with Crippen LogP contribution in [0.1, 0.15) is 36.2 Å². The van der Waals surface area contributed by atoms with Gasteiger partial charge in [0.25, 0.3) is 0 Å². The van der Waals surface area contributed by atoms with E-state index in [1.165, 1.54) is 19.1 Å². The Morgan fingerprint density at radius 2 is 1.86 bits per heavy atom. The molecule has 29 heavy (non-hydrogen) atoms. The van der Waals surface area contributed by atoms with Crippen LogP contribution in [0.15, 0.2) is 48.8 Å². The molecule has 6 nitrogen and oxygen atoms in total. The van der Waals surface area contributed by atoms with E-state index in [1.54, 1.807) is 36.7 Å². The third-order valence-corrected chi connectivity index (χ3v) is 5.43. The smallest absolute Gasteiger partial charge is 0.238 e. The van der Waals surface area contributed by atoms with E-state index in [4.69, 9.17) is 0 Å². The molecular weight excluding hydrogens is 371 g/mol. The van der Waals surface area contributed by atoms with Crippen LogP contribution >= 0.6 is 0 Å². The molecule has 3 aromatic rings. The molecule has 1 aromatic heterocycles. The first kappa shape index (κ1) is 19.3. The van der Waals surface area contributed by atoms with Crippen molar-refractivity contribution in [2.75, 3.05) is 25.0 Å². The predicted octanol–water partition coefficient (Wildman–Crippen LogP) is 3.65. The molecule has 0 unspecified atom stereocenters. The average Bonchev–Trinajstić information content (AvgIpc) is 3.12. The van der Waals surface area contributed by atoms with Crippen LogP contribution in [-0.4, -0.2) is 45.8 Å². The maximum Gasteiger partial charge on any atom is 0.238 e. The van der Waals surface area contributed by atoms with Gasteiger partial charge in [-0.3, -0.25) is 14.5 Å². The highest BCUT2D eigenvalue weighted by atomic mass is 19.1. The number of hydrogen-bond acceptors (Lipinski definition) is 4. The topological polar surface area (TPSA) is 67.2 Å². The van der Waals surface area contributed by atoms with Crippen molar-refractivity contribution in [3.8, 4) is 0 Å². The normalized spacial score (nSPS) is 15.5. The van der Waals surface area contributed by atoms with E-state index >= 15 is 0 Å². The number of ketones is 1. The lowest BCUT2D eigenvalue weighted by molar-refractivity contribution is -0.117. The molecule has 1 fully saturated rings. The fourth-order valence-corrected chi connectivity index (χ4v) is 3.84. The number of fused-ring (bicyclic) bond motifs is 1. The fourth-order valence-electron chi connectivity index (χ4n) is 3.84. The highest BCUT2D eigenvalue weighted by Crippen LogP contribution is 2.27. The summed E-state index contributed by atoms with van der Waals surface area (Å²) in [5.74, 6) is -0.344. The average molecular weight is 394 g/mol. The summed E-state index contributed by atoms with van der Waals surface area (Å²) < 4.78 is 15.5. The van der Waals surface area contributed by atoms with Gasteiger partial charge in [-0.1, -0.05) is 0 Å². The molecule has 1 aliphatic heterocycles. The number of Topliss-reactive ketones (excluding diaryl/α,β-unsaturated/α-hetero) is 1. The molecule has 0 aliphatic carbocycles. The molecule has 2 heterocycles. The van der Waals surface area contributed by atoms with Crippen molar-refractivity contribution >= 4 is 28.4 Å². The molecule has 0 radical (unpaired) electrons. The van der Waals surface area contributed by atoms with Crippen molar-refractivity contribution in [2.24, 2.45) is 0 Å². The molecule has 1 amide bonds. The molecule has 150 valence electrons. The minimum atomic E-state index is -0.278. The number of carbonyl (C=O) groups is 2. The predicted molar refractivity (Wildman–Crippen MR) is 109 cm³/mol. The Bertz CT molecular complexity index is 1040. The summed E-state index contributed by atoms with van der Waals surface area (Å²) in [5, 5.41) is 2.88. The number of amides is 1. The van der Waals surface area contributed by atoms with Crippen molar-refractivity contribution in [1.29, 1.82) is 0 Å². The van der Waals surface area contributed by atoms with Gasteiger partial charge in [-0.15, -0.1) is 0 Å². The molecule has 2 aromatic carbocycles. The molecule has 7 heteroatoms. The van der Waals surface area contributed by atoms with Crippen molar-refractivity contribution in [3.05, 3.63) is 60.2 Å². The standard InChI is InChI=1S/C22H23FN4O2/c1-15(28)16-2-5-18(6-3-16)25-22(29)13-26-10-8-19(9-11-26)27-14-24-20-12-17(23)4-7-21(20)27/h2-7,12,14,19H,8-11,13H2,1H3,(H,25,29). The number of nitrogens with one attached hydrogen (secondary N) is 1. The van der Waals surface area contributed by atoms with Gasteiger partial charge < -0.3 is 9.88 Å². The fraction of sp³-hybridized carbons (Fsp3) is 0.318. The van der Waals surface area contributed by atoms with E-state index in [0.29, 0.717) is 29.4 Å². The van der Waals surface area contributed by atoms with E-state index in [1.807, 2.05) is 0 Å². The van der Waals surface area contributed by atoms with Crippen molar-refractivity contribution in [2.45, 2.75) is 25.8 Å². The first-order chi connectivity index (χ1) is 14.0. The molecular formula is C22H23FN4O2. The molecule has 1 N–H and O–H groups in total. The first-order valence-electron chi connectivity index (χ1n) is 9.75. The lowest BCUT2D eigenvalue weighted by atomic mass is 10.0. The molecule has 0 bridgehead atoms. The zero-order chi connectivity index (χ0) is 20.4. The van der Waals surface area contributed by atoms with Gasteiger partial charge in [-0.2, -0.15) is 0 Å². The summed E-state index contributed by atoms with van der Waals surface area (Å²) >= 11 is 0. The molecule has 1 saturated heterocycles. The highest BCUT2D eigenvalue weighted by Gasteiger charge is 2.23. The van der Waals surface area contributed by atoms with Gasteiger partial charge in [0.1, 0.15) is 5.82 Å². The number of nitrogens with zero attached hydrogens (tertiary/aromatic N) is 3. The van der Waals surface area contributed by atoms with Crippen LogP contribution < -0.4 is 5.32 Å². The van der Waals surface area contributed by atoms with Crippen LogP contribution in [0.4, 0.5) is 10.1 Å². The molecule has 0 atom stereocenters. The van der Waals surface area contributed by atoms with Gasteiger partial charge in [0.05, 0.1) is 23.9 Å². The van der Waals surface area contributed by atoms with E-state index < -0.39 is 0 Å². The second kappa shape index (κ2) is 8.13. The highest BCUT2D eigenvalue weighted by molar-refractivity contribution is 5.96. The van der Waals surface area contributed by atoms with Crippen LogP contribution in [0.3, 0.4) is 0 Å². The summed E-state index contributed by atoms with van der Waals surface area (Å²) in [6.07, 6.45) is 3.59. The van der Waals surface area contributed by atoms with Crippen molar-refractivity contribution < 1.29 is 14.0 Å². The zero-order valence-corrected chi connectivity index (χ0v) is 16.3. The Morgan fingerprint density at radius 1 is 1.14 bits per heavy atom. The Hall–Kier alpha value is -3.06. The van der Waals surface area contributed by atoms with Crippen LogP contribution in [-0.2, 0) is 4.79 Å². The zero-order valence-electron chi connectivity index (χ0n) is 16.3. The summed E-state index contributed by atoms with van der Waals surface area (Å²) in [4.78, 5) is 30.1. The Morgan fingerprint density at radius 3 is 2.55 bits per heavy atom. The number of halogens is 1. The summed E-state index contributed by atoms with van der Waals surface area (Å²) in [6.45, 7) is 3.46. The number of piperidine rings is 1. The monoisotopic (exact) mass is 394 g/mol. The lowest BCUT2D eigenvalue weighted by Gasteiger charge is -2.32. The third-order valence-electron chi connectivity index (χ3n) is 5.43. The van der Waals surface area contributed by atoms with Gasteiger partial charge in [-0.25, -0.2) is 9.37 Å². The lowest BCUT2D eigenvalue weighted by Crippen LogP contribution is -2.39. The van der Waals surface area contributed by atoms with E-state index in [0.717, 1.165) is 31.4 Å². The number of anilines is 1. The van der Waals surface area contributed by atoms with Crippen LogP contribution in [0, 0.1) is 5.82 Å². The van der Waals surface area contributed by atoms with Crippen LogP contribution in [0.25, 0.3) is 11.0 Å². The summed E-state index contributed by atoms with van der Waals surface area (Å²) in [6, 6.07) is 11.9. The van der Waals surface area contributed by atoms with E-state index in [9.17, 15) is 14.0 Å². The molecule has 0 saturated carbocycles. The SMILES string of the molecule is CC(=O)c1ccc(NC(=O)CN2CCC(n3cnc4cc(F)ccc43)CC2)cc1. The van der Waals surface area contributed by atoms with Crippen LogP contribution in [0.2, 0.25) is 0 Å². The molecule has 4 rings (SSSR count). The van der Waals surface area contributed by atoms with Gasteiger partial charge in [0, 0.05) is 36.4 Å². The minimum absolute atomic E-state index is 0.00144. The number of likely N-dealkylation sites (tertiary alicyclic amines) is 1. The second-order valence-electron chi connectivity index (χ2n) is 7.47. The summed E-state index contributed by atoms with van der Waals surface area (Å²) in [5.41, 5.74) is 2.92. The maximum atomic E-state index is 13.4. The van der Waals surface area contributed by atoms with Gasteiger partial charge in [0.15, 0.2) is 5.78 Å². The summed E-state index contributed by atoms with van der Waals surface area (Å²) in [7, 11) is 0. The van der Waals surface area contributed by atoms with E-state index in [2.05, 4.69) is 19.8 Å². The Kier molecular flexibility index (Phi) is 5.40. The number of benzene rings is 2. The van der Waals surface area contributed by atoms with Crippen molar-refractivity contribution in [1.82, 2.24) is 14.5 Å². The Balaban J connectivity index is 1.31. The number of imidazole rings is 1. The largest absolute Gasteiger partial charge is 0.327 e. The number of aromatic nitrogens is 2. The van der Waals surface area contributed by atoms with Crippen molar-refractivity contribution in [3.63, 3.8) is 0 Å². The minimum Gasteiger partial charge on any atom is -0.327 e. The second-order valence-corrected chi connectivity index (χ2v) is 7.47. The van der Waals surface area contributed by atoms with E-state index in [-0.39, 0.29) is 17.5 Å². The number of carbonyl (C=O) groups excluding carboxylic acids is 2. The quantitative estimate of drug-likeness (QED) is 0.671. The van der Waals surface area contributed by atoms with Gasteiger partial charge in [-0.05, 0) is 56.2 Å². The van der Waals surface area contributed by atoms with Gasteiger partial charge >= 0.3 is 0 Å². The first-order valence-corrected chi connectivity index (χ1v) is 9.75. The van der Waals surface area contributed by atoms with Gasteiger partial charge in [0.2, 0.25) is 5.91 Å². The molecule has 0 spiro atoms. The Labute approximate surface area is 168 Å². The third kappa shape index (κ3) is 4.35.